The first-order chi connectivity index (χ1) is 8.79. The topological polar surface area (TPSA) is 60.2 Å². The van der Waals surface area contributed by atoms with Crippen molar-refractivity contribution in [2.75, 3.05) is 5.43 Å². The molecule has 18 heavy (non-hydrogen) atoms. The van der Waals surface area contributed by atoms with Crippen molar-refractivity contribution in [3.63, 3.8) is 0 Å². The molecule has 1 heterocycles. The highest BCUT2D eigenvalue weighted by Gasteiger charge is 2.00. The van der Waals surface area contributed by atoms with Gasteiger partial charge in [0.1, 0.15) is 0 Å². The van der Waals surface area contributed by atoms with Crippen LogP contribution in [0.2, 0.25) is 5.02 Å². The summed E-state index contributed by atoms with van der Waals surface area (Å²) in [6, 6.07) is 11.2. The van der Waals surface area contributed by atoms with E-state index in [-0.39, 0.29) is 0 Å². The molecule has 0 amide bonds. The van der Waals surface area contributed by atoms with Gasteiger partial charge in [0.05, 0.1) is 24.6 Å². The molecule has 3 N–H and O–H groups in total. The lowest BCUT2D eigenvalue weighted by Crippen LogP contribution is -2.07. The van der Waals surface area contributed by atoms with Gasteiger partial charge in [-0.25, -0.2) is 0 Å². The monoisotopic (exact) mass is 263 g/mol. The van der Waals surface area contributed by atoms with Crippen molar-refractivity contribution in [1.29, 1.82) is 0 Å². The van der Waals surface area contributed by atoms with Crippen LogP contribution in [-0.2, 0) is 18.0 Å². The number of nitrogens with two attached hydrogens (primary N) is 1. The summed E-state index contributed by atoms with van der Waals surface area (Å²) in [4.78, 5) is 4.19. The molecular formula is C13H14ClN3O. The molecule has 0 saturated heterocycles. The van der Waals surface area contributed by atoms with E-state index in [1.807, 2.05) is 30.3 Å². The summed E-state index contributed by atoms with van der Waals surface area (Å²) in [5.74, 6) is 5.32. The van der Waals surface area contributed by atoms with Crippen molar-refractivity contribution in [2.24, 2.45) is 5.84 Å². The molecule has 0 aliphatic carbocycles. The van der Waals surface area contributed by atoms with E-state index in [0.29, 0.717) is 18.2 Å². The highest BCUT2D eigenvalue weighted by Crippen LogP contribution is 2.16. The van der Waals surface area contributed by atoms with E-state index in [4.69, 9.17) is 22.2 Å². The average molecular weight is 264 g/mol. The van der Waals surface area contributed by atoms with Gasteiger partial charge in [0.2, 0.25) is 0 Å². The Morgan fingerprint density at radius 2 is 2.06 bits per heavy atom. The van der Waals surface area contributed by atoms with Crippen LogP contribution in [0.1, 0.15) is 11.3 Å². The Morgan fingerprint density at radius 1 is 1.22 bits per heavy atom. The fourth-order valence-electron chi connectivity index (χ4n) is 1.53. The summed E-state index contributed by atoms with van der Waals surface area (Å²) in [6.45, 7) is 0.877. The summed E-state index contributed by atoms with van der Waals surface area (Å²) in [5, 5.41) is 0.711. The zero-order chi connectivity index (χ0) is 12.8. The van der Waals surface area contributed by atoms with Gasteiger partial charge in [0.25, 0.3) is 0 Å². The van der Waals surface area contributed by atoms with Gasteiger partial charge in [-0.1, -0.05) is 29.8 Å². The maximum Gasteiger partial charge on any atom is 0.0893 e. The highest BCUT2D eigenvalue weighted by molar-refractivity contribution is 6.31. The van der Waals surface area contributed by atoms with Crippen molar-refractivity contribution >= 4 is 17.3 Å². The first-order valence-electron chi connectivity index (χ1n) is 5.52. The normalized spacial score (nSPS) is 10.3. The molecule has 2 rings (SSSR count). The second-order valence-corrected chi connectivity index (χ2v) is 4.17. The molecule has 0 aliphatic rings. The Balaban J connectivity index is 1.90. The third-order valence-corrected chi connectivity index (χ3v) is 2.82. The molecule has 0 aliphatic heterocycles. The number of nitrogen functional groups attached to an aromatic ring is 1. The molecule has 2 aromatic rings. The lowest BCUT2D eigenvalue weighted by atomic mass is 10.2. The number of anilines is 1. The molecule has 0 spiro atoms. The molecule has 1 aromatic carbocycles. The maximum atomic E-state index is 6.03. The molecule has 0 fully saturated rings. The van der Waals surface area contributed by atoms with Crippen LogP contribution in [-0.4, -0.2) is 4.98 Å². The van der Waals surface area contributed by atoms with Crippen LogP contribution in [0.25, 0.3) is 0 Å². The van der Waals surface area contributed by atoms with Crippen LogP contribution in [0, 0.1) is 0 Å². The zero-order valence-electron chi connectivity index (χ0n) is 9.77. The van der Waals surface area contributed by atoms with Crippen LogP contribution < -0.4 is 11.3 Å². The van der Waals surface area contributed by atoms with E-state index in [9.17, 15) is 0 Å². The van der Waals surface area contributed by atoms with Gasteiger partial charge in [-0.15, -0.1) is 0 Å². The fourth-order valence-corrected chi connectivity index (χ4v) is 1.72. The molecule has 0 saturated carbocycles. The number of hydrogen-bond acceptors (Lipinski definition) is 4. The first kappa shape index (κ1) is 12.8. The summed E-state index contributed by atoms with van der Waals surface area (Å²) in [7, 11) is 0. The number of nitrogens with one attached hydrogen (secondary N) is 1. The third-order valence-electron chi connectivity index (χ3n) is 2.45. The summed E-state index contributed by atoms with van der Waals surface area (Å²) >= 11 is 6.03. The SMILES string of the molecule is NNc1ccnc(COCc2ccccc2Cl)c1. The Labute approximate surface area is 111 Å². The minimum absolute atomic E-state index is 0.417. The number of halogens is 1. The number of nitrogens with zero attached hydrogens (tertiary/aromatic N) is 1. The predicted molar refractivity (Wildman–Crippen MR) is 72.0 cm³/mol. The Hall–Kier alpha value is -1.62. The summed E-state index contributed by atoms with van der Waals surface area (Å²) in [5.41, 5.74) is 5.16. The van der Waals surface area contributed by atoms with Gasteiger partial charge >= 0.3 is 0 Å². The van der Waals surface area contributed by atoms with Gasteiger partial charge in [-0.05, 0) is 23.8 Å². The molecule has 0 atom stereocenters. The third kappa shape index (κ3) is 3.43. The second-order valence-electron chi connectivity index (χ2n) is 3.76. The van der Waals surface area contributed by atoms with E-state index >= 15 is 0 Å². The van der Waals surface area contributed by atoms with Crippen LogP contribution in [0.4, 0.5) is 5.69 Å². The first-order valence-corrected chi connectivity index (χ1v) is 5.90. The van der Waals surface area contributed by atoms with Crippen LogP contribution >= 0.6 is 11.6 Å². The van der Waals surface area contributed by atoms with E-state index in [1.54, 1.807) is 12.3 Å². The predicted octanol–water partition coefficient (Wildman–Crippen LogP) is 2.74. The fraction of sp³-hybridized carbons (Fsp3) is 0.154. The molecular weight excluding hydrogens is 250 g/mol. The van der Waals surface area contributed by atoms with E-state index in [1.165, 1.54) is 0 Å². The average Bonchev–Trinajstić information content (AvgIpc) is 2.41. The zero-order valence-corrected chi connectivity index (χ0v) is 10.5. The summed E-state index contributed by atoms with van der Waals surface area (Å²) in [6.07, 6.45) is 1.68. The number of hydrogen-bond donors (Lipinski definition) is 2. The smallest absolute Gasteiger partial charge is 0.0893 e. The number of hydrazine groups is 1. The van der Waals surface area contributed by atoms with Crippen molar-refractivity contribution in [2.45, 2.75) is 13.2 Å². The Morgan fingerprint density at radius 3 is 2.83 bits per heavy atom. The van der Waals surface area contributed by atoms with Crippen molar-refractivity contribution in [1.82, 2.24) is 4.98 Å². The molecule has 5 heteroatoms. The number of ether oxygens (including phenoxy) is 1. The largest absolute Gasteiger partial charge is 0.370 e. The molecule has 94 valence electrons. The number of benzene rings is 1. The number of aromatic nitrogens is 1. The van der Waals surface area contributed by atoms with Crippen LogP contribution in [0.15, 0.2) is 42.6 Å². The van der Waals surface area contributed by atoms with E-state index in [0.717, 1.165) is 16.9 Å². The van der Waals surface area contributed by atoms with E-state index in [2.05, 4.69) is 10.4 Å². The molecule has 1 aromatic heterocycles. The summed E-state index contributed by atoms with van der Waals surface area (Å²) < 4.78 is 5.57. The second kappa shape index (κ2) is 6.35. The highest BCUT2D eigenvalue weighted by atomic mass is 35.5. The molecule has 0 radical (unpaired) electrons. The Kier molecular flexibility index (Phi) is 4.52. The Bertz CT molecular complexity index is 519. The minimum Gasteiger partial charge on any atom is -0.370 e. The number of pyridine rings is 1. The van der Waals surface area contributed by atoms with Crippen molar-refractivity contribution in [3.05, 3.63) is 58.9 Å². The lowest BCUT2D eigenvalue weighted by molar-refractivity contribution is 0.104. The lowest BCUT2D eigenvalue weighted by Gasteiger charge is -2.06. The molecule has 0 unspecified atom stereocenters. The van der Waals surface area contributed by atoms with Crippen LogP contribution in [0.3, 0.4) is 0 Å². The van der Waals surface area contributed by atoms with Crippen molar-refractivity contribution in [3.8, 4) is 0 Å². The maximum absolute atomic E-state index is 6.03. The minimum atomic E-state index is 0.417. The number of rotatable bonds is 5. The van der Waals surface area contributed by atoms with Gasteiger partial charge in [-0.3, -0.25) is 10.8 Å². The quantitative estimate of drug-likeness (QED) is 0.643. The standard InChI is InChI=1S/C13H14ClN3O/c14-13-4-2-1-3-10(13)8-18-9-12-7-11(17-15)5-6-16-12/h1-7H,8-9,15H2,(H,16,17). The van der Waals surface area contributed by atoms with Gasteiger partial charge in [-0.2, -0.15) is 0 Å². The molecule has 0 bridgehead atoms. The van der Waals surface area contributed by atoms with Crippen molar-refractivity contribution < 1.29 is 4.74 Å². The van der Waals surface area contributed by atoms with Gasteiger partial charge < -0.3 is 10.2 Å². The van der Waals surface area contributed by atoms with Gasteiger partial charge in [0, 0.05) is 11.2 Å². The molecule has 4 nitrogen and oxygen atoms in total. The van der Waals surface area contributed by atoms with Gasteiger partial charge in [0.15, 0.2) is 0 Å². The van der Waals surface area contributed by atoms with E-state index < -0.39 is 0 Å². The van der Waals surface area contributed by atoms with Crippen LogP contribution in [0.5, 0.6) is 0 Å².